The zero-order valence-corrected chi connectivity index (χ0v) is 24.0. The molecule has 8 aromatic rings. The van der Waals surface area contributed by atoms with Crippen LogP contribution >= 0.6 is 0 Å². The Kier molecular flexibility index (Phi) is 5.39. The summed E-state index contributed by atoms with van der Waals surface area (Å²) in [5.41, 5.74) is 10.1. The number of aromatic nitrogens is 1. The number of rotatable bonds is 2. The van der Waals surface area contributed by atoms with Crippen LogP contribution in [0.3, 0.4) is 0 Å². The molecule has 1 unspecified atom stereocenters. The molecule has 1 aliphatic rings. The fraction of sp³-hybridized carbons (Fsp3) is 0.0233. The topological polar surface area (TPSA) is 4.93 Å². The van der Waals surface area contributed by atoms with Crippen LogP contribution in [0.15, 0.2) is 164 Å². The predicted octanol–water partition coefficient (Wildman–Crippen LogP) is 10.3. The van der Waals surface area contributed by atoms with E-state index in [1.807, 2.05) is 6.07 Å². The molecular formula is C43H27N. The zero-order chi connectivity index (χ0) is 29.1. The van der Waals surface area contributed by atoms with Crippen molar-refractivity contribution in [3.63, 3.8) is 0 Å². The highest BCUT2D eigenvalue weighted by molar-refractivity contribution is 6.13. The van der Waals surface area contributed by atoms with E-state index < -0.39 is 5.41 Å². The highest BCUT2D eigenvalue weighted by Gasteiger charge is 2.44. The maximum Gasteiger partial charge on any atom is 0.108 e. The normalized spacial score (nSPS) is 15.2. The lowest BCUT2D eigenvalue weighted by atomic mass is 9.73. The molecule has 0 spiro atoms. The fourth-order valence-corrected chi connectivity index (χ4v) is 7.23. The average Bonchev–Trinajstić information content (AvgIpc) is 3.57. The molecule has 1 atom stereocenters. The van der Waals surface area contributed by atoms with Gasteiger partial charge in [-0.05, 0) is 81.1 Å². The first-order valence-corrected chi connectivity index (χ1v) is 15.1. The Hall–Kier alpha value is -5.84. The van der Waals surface area contributed by atoms with Crippen LogP contribution in [0.25, 0.3) is 49.4 Å². The molecule has 0 amide bonds. The molecular weight excluding hydrogens is 530 g/mol. The van der Waals surface area contributed by atoms with Crippen molar-refractivity contribution in [2.75, 3.05) is 0 Å². The monoisotopic (exact) mass is 557 g/mol. The highest BCUT2D eigenvalue weighted by Crippen LogP contribution is 2.53. The standard InChI is InChI=1S/C43H27N/c1-3-13-30(14-4-1)25-26-43(33-17-5-2-6-18-33)39-21-11-9-19-35(39)36-24-23-34(29-40(36)43)44-41-22-12-10-20-37(41)38-27-31-15-7-8-16-32(31)28-42(38)44/h1-24,27-29H. The number of benzene rings is 7. The van der Waals surface area contributed by atoms with Crippen LogP contribution in [0, 0.1) is 11.8 Å². The van der Waals surface area contributed by atoms with Crippen molar-refractivity contribution < 1.29 is 0 Å². The second kappa shape index (κ2) is 9.60. The summed E-state index contributed by atoms with van der Waals surface area (Å²) in [6, 6.07) is 59.0. The quantitative estimate of drug-likeness (QED) is 0.186. The summed E-state index contributed by atoms with van der Waals surface area (Å²) in [7, 11) is 0. The summed E-state index contributed by atoms with van der Waals surface area (Å²) in [5.74, 6) is 7.44. The molecule has 0 saturated heterocycles. The van der Waals surface area contributed by atoms with Crippen LogP contribution in [0.4, 0.5) is 0 Å². The summed E-state index contributed by atoms with van der Waals surface area (Å²) < 4.78 is 2.43. The van der Waals surface area contributed by atoms with Gasteiger partial charge in [-0.2, -0.15) is 0 Å². The van der Waals surface area contributed by atoms with Gasteiger partial charge in [-0.15, -0.1) is 0 Å². The largest absolute Gasteiger partial charge is 0.309 e. The molecule has 1 nitrogen and oxygen atoms in total. The van der Waals surface area contributed by atoms with Crippen molar-refractivity contribution in [3.8, 4) is 28.7 Å². The van der Waals surface area contributed by atoms with Gasteiger partial charge in [-0.1, -0.05) is 133 Å². The van der Waals surface area contributed by atoms with Crippen LogP contribution < -0.4 is 0 Å². The van der Waals surface area contributed by atoms with Gasteiger partial charge in [0, 0.05) is 22.0 Å². The van der Waals surface area contributed by atoms with E-state index in [0.29, 0.717) is 0 Å². The van der Waals surface area contributed by atoms with E-state index in [1.54, 1.807) is 0 Å². The van der Waals surface area contributed by atoms with Gasteiger partial charge in [0.2, 0.25) is 0 Å². The molecule has 1 heterocycles. The van der Waals surface area contributed by atoms with E-state index in [2.05, 4.69) is 174 Å². The lowest BCUT2D eigenvalue weighted by Gasteiger charge is -2.28. The third kappa shape index (κ3) is 3.55. The SMILES string of the molecule is C(#CC1(c2ccccc2)c2ccccc2-c2ccc(-n3c4ccccc4c4cc5ccccc5cc43)cc21)c1ccccc1. The Morgan fingerprint density at radius 3 is 1.95 bits per heavy atom. The van der Waals surface area contributed by atoms with Crippen molar-refractivity contribution in [2.45, 2.75) is 5.41 Å². The molecule has 1 aromatic heterocycles. The average molecular weight is 558 g/mol. The zero-order valence-electron chi connectivity index (χ0n) is 24.0. The highest BCUT2D eigenvalue weighted by atomic mass is 15.0. The molecule has 44 heavy (non-hydrogen) atoms. The van der Waals surface area contributed by atoms with Gasteiger partial charge in [-0.25, -0.2) is 0 Å². The molecule has 0 radical (unpaired) electrons. The number of para-hydroxylation sites is 1. The molecule has 1 heteroatoms. The second-order valence-corrected chi connectivity index (χ2v) is 11.6. The van der Waals surface area contributed by atoms with E-state index >= 15 is 0 Å². The Morgan fingerprint density at radius 2 is 1.11 bits per heavy atom. The Morgan fingerprint density at radius 1 is 0.455 bits per heavy atom. The smallest absolute Gasteiger partial charge is 0.108 e. The summed E-state index contributed by atoms with van der Waals surface area (Å²) in [4.78, 5) is 0. The van der Waals surface area contributed by atoms with Crippen LogP contribution in [0.2, 0.25) is 0 Å². The molecule has 0 saturated carbocycles. The molecule has 1 aliphatic carbocycles. The van der Waals surface area contributed by atoms with Gasteiger partial charge in [0.25, 0.3) is 0 Å². The maximum absolute atomic E-state index is 3.85. The van der Waals surface area contributed by atoms with Crippen molar-refractivity contribution in [1.29, 1.82) is 0 Å². The third-order valence-electron chi connectivity index (χ3n) is 9.20. The lowest BCUT2D eigenvalue weighted by Crippen LogP contribution is -2.25. The number of fused-ring (bicyclic) bond motifs is 7. The fourth-order valence-electron chi connectivity index (χ4n) is 7.23. The first-order chi connectivity index (χ1) is 21.8. The number of nitrogens with zero attached hydrogens (tertiary/aromatic N) is 1. The van der Waals surface area contributed by atoms with Gasteiger partial charge in [0.15, 0.2) is 0 Å². The summed E-state index contributed by atoms with van der Waals surface area (Å²) in [5, 5.41) is 5.02. The molecule has 0 aliphatic heterocycles. The van der Waals surface area contributed by atoms with E-state index in [4.69, 9.17) is 0 Å². The molecule has 0 fully saturated rings. The van der Waals surface area contributed by atoms with E-state index in [9.17, 15) is 0 Å². The lowest BCUT2D eigenvalue weighted by molar-refractivity contribution is 0.835. The Balaban J connectivity index is 1.37. The van der Waals surface area contributed by atoms with Crippen LogP contribution in [-0.4, -0.2) is 4.57 Å². The van der Waals surface area contributed by atoms with Crippen molar-refractivity contribution >= 4 is 32.6 Å². The second-order valence-electron chi connectivity index (χ2n) is 11.6. The van der Waals surface area contributed by atoms with E-state index in [1.165, 1.54) is 60.4 Å². The Bertz CT molecular complexity index is 2440. The minimum absolute atomic E-state index is 0.621. The summed E-state index contributed by atoms with van der Waals surface area (Å²) in [6.07, 6.45) is 0. The number of hydrogen-bond acceptors (Lipinski definition) is 0. The molecule has 204 valence electrons. The maximum atomic E-state index is 3.85. The van der Waals surface area contributed by atoms with Gasteiger partial charge in [0.1, 0.15) is 5.41 Å². The van der Waals surface area contributed by atoms with Crippen LogP contribution in [0.5, 0.6) is 0 Å². The Labute approximate surface area is 256 Å². The molecule has 0 N–H and O–H groups in total. The van der Waals surface area contributed by atoms with Gasteiger partial charge >= 0.3 is 0 Å². The van der Waals surface area contributed by atoms with Crippen LogP contribution in [-0.2, 0) is 5.41 Å². The first kappa shape index (κ1) is 24.7. The molecule has 0 bridgehead atoms. The van der Waals surface area contributed by atoms with Crippen molar-refractivity contribution in [2.24, 2.45) is 0 Å². The first-order valence-electron chi connectivity index (χ1n) is 15.1. The third-order valence-corrected chi connectivity index (χ3v) is 9.20. The number of hydrogen-bond donors (Lipinski definition) is 0. The summed E-state index contributed by atoms with van der Waals surface area (Å²) >= 11 is 0. The summed E-state index contributed by atoms with van der Waals surface area (Å²) in [6.45, 7) is 0. The minimum atomic E-state index is -0.621. The van der Waals surface area contributed by atoms with Gasteiger partial charge in [-0.3, -0.25) is 0 Å². The molecule has 9 rings (SSSR count). The van der Waals surface area contributed by atoms with E-state index in [0.717, 1.165) is 11.3 Å². The van der Waals surface area contributed by atoms with E-state index in [-0.39, 0.29) is 0 Å². The van der Waals surface area contributed by atoms with Crippen LogP contribution in [0.1, 0.15) is 22.3 Å². The van der Waals surface area contributed by atoms with Crippen molar-refractivity contribution in [1.82, 2.24) is 4.57 Å². The molecule has 7 aromatic carbocycles. The predicted molar refractivity (Wildman–Crippen MR) is 183 cm³/mol. The van der Waals surface area contributed by atoms with Gasteiger partial charge in [0.05, 0.1) is 11.0 Å². The van der Waals surface area contributed by atoms with Gasteiger partial charge < -0.3 is 4.57 Å². The minimum Gasteiger partial charge on any atom is -0.309 e. The van der Waals surface area contributed by atoms with Crippen molar-refractivity contribution in [3.05, 3.63) is 186 Å².